The third kappa shape index (κ3) is 3.64. The molecular formula is C21H15IN2OS. The minimum Gasteiger partial charge on any atom is -0.348 e. The molecule has 4 aromatic rings. The third-order valence-electron chi connectivity index (χ3n) is 4.07. The smallest absolute Gasteiger partial charge is 0.252 e. The molecule has 0 saturated carbocycles. The van der Waals surface area contributed by atoms with Gasteiger partial charge >= 0.3 is 0 Å². The molecule has 1 amide bonds. The van der Waals surface area contributed by atoms with Crippen LogP contribution < -0.4 is 5.32 Å². The highest BCUT2D eigenvalue weighted by Crippen LogP contribution is 2.30. The maximum Gasteiger partial charge on any atom is 0.252 e. The standard InChI is InChI=1S/C21H15IN2OS/c22-17-6-2-1-5-16(17)20(25)23-13-14-9-11-15(12-10-14)21-24-18-7-3-4-8-19(18)26-21/h1-12H,13H2,(H,23,25). The van der Waals surface area contributed by atoms with Crippen molar-refractivity contribution in [3.63, 3.8) is 0 Å². The van der Waals surface area contributed by atoms with Gasteiger partial charge in [0, 0.05) is 15.7 Å². The minimum atomic E-state index is -0.0507. The van der Waals surface area contributed by atoms with Crippen LogP contribution in [-0.2, 0) is 6.54 Å². The van der Waals surface area contributed by atoms with Crippen molar-refractivity contribution < 1.29 is 4.79 Å². The van der Waals surface area contributed by atoms with E-state index in [0.29, 0.717) is 12.1 Å². The zero-order valence-corrected chi connectivity index (χ0v) is 16.8. The van der Waals surface area contributed by atoms with Crippen LogP contribution in [0, 0.1) is 3.57 Å². The summed E-state index contributed by atoms with van der Waals surface area (Å²) in [4.78, 5) is 17.0. The second kappa shape index (κ2) is 7.55. The fourth-order valence-corrected chi connectivity index (χ4v) is 4.29. The van der Waals surface area contributed by atoms with Crippen LogP contribution in [0.2, 0.25) is 0 Å². The molecule has 128 valence electrons. The molecule has 0 aliphatic heterocycles. The Labute approximate surface area is 169 Å². The number of benzene rings is 3. The topological polar surface area (TPSA) is 42.0 Å². The second-order valence-electron chi connectivity index (χ2n) is 5.85. The summed E-state index contributed by atoms with van der Waals surface area (Å²) >= 11 is 3.87. The first-order valence-corrected chi connectivity index (χ1v) is 10.1. The Kier molecular flexibility index (Phi) is 4.99. The molecule has 26 heavy (non-hydrogen) atoms. The van der Waals surface area contributed by atoms with E-state index in [1.807, 2.05) is 54.6 Å². The first kappa shape index (κ1) is 17.2. The Hall–Kier alpha value is -2.25. The summed E-state index contributed by atoms with van der Waals surface area (Å²) in [7, 11) is 0. The van der Waals surface area contributed by atoms with Gasteiger partial charge in [-0.25, -0.2) is 4.98 Å². The van der Waals surface area contributed by atoms with E-state index in [-0.39, 0.29) is 5.91 Å². The average Bonchev–Trinajstić information content (AvgIpc) is 3.11. The Bertz CT molecular complexity index is 1040. The Morgan fingerprint density at radius 2 is 1.69 bits per heavy atom. The zero-order chi connectivity index (χ0) is 17.9. The second-order valence-corrected chi connectivity index (χ2v) is 8.04. The Balaban J connectivity index is 1.46. The third-order valence-corrected chi connectivity index (χ3v) is 6.09. The van der Waals surface area contributed by atoms with E-state index >= 15 is 0 Å². The monoisotopic (exact) mass is 470 g/mol. The van der Waals surface area contributed by atoms with Crippen molar-refractivity contribution in [3.8, 4) is 10.6 Å². The van der Waals surface area contributed by atoms with Crippen LogP contribution in [0.4, 0.5) is 0 Å². The van der Waals surface area contributed by atoms with Crippen LogP contribution in [0.25, 0.3) is 20.8 Å². The number of fused-ring (bicyclic) bond motifs is 1. The molecule has 4 rings (SSSR count). The first-order valence-electron chi connectivity index (χ1n) is 8.18. The summed E-state index contributed by atoms with van der Waals surface area (Å²) in [6.07, 6.45) is 0. The molecule has 0 bridgehead atoms. The van der Waals surface area contributed by atoms with Crippen LogP contribution in [0.1, 0.15) is 15.9 Å². The Morgan fingerprint density at radius 1 is 0.962 bits per heavy atom. The van der Waals surface area contributed by atoms with E-state index in [0.717, 1.165) is 25.2 Å². The van der Waals surface area contributed by atoms with Gasteiger partial charge in [-0.05, 0) is 52.4 Å². The van der Waals surface area contributed by atoms with E-state index < -0.39 is 0 Å². The van der Waals surface area contributed by atoms with Crippen molar-refractivity contribution in [3.05, 3.63) is 87.5 Å². The number of nitrogens with one attached hydrogen (secondary N) is 1. The minimum absolute atomic E-state index is 0.0507. The van der Waals surface area contributed by atoms with Crippen molar-refractivity contribution in [2.24, 2.45) is 0 Å². The number of nitrogens with zero attached hydrogens (tertiary/aromatic N) is 1. The lowest BCUT2D eigenvalue weighted by atomic mass is 10.1. The lowest BCUT2D eigenvalue weighted by Crippen LogP contribution is -2.23. The summed E-state index contributed by atoms with van der Waals surface area (Å²) in [5, 5.41) is 3.99. The van der Waals surface area contributed by atoms with Crippen molar-refractivity contribution in [1.82, 2.24) is 10.3 Å². The summed E-state index contributed by atoms with van der Waals surface area (Å²) in [6, 6.07) is 23.9. The number of halogens is 1. The predicted molar refractivity (Wildman–Crippen MR) is 115 cm³/mol. The maximum atomic E-state index is 12.3. The quantitative estimate of drug-likeness (QED) is 0.401. The maximum absolute atomic E-state index is 12.3. The molecular weight excluding hydrogens is 455 g/mol. The molecule has 0 aliphatic rings. The fraction of sp³-hybridized carbons (Fsp3) is 0.0476. The van der Waals surface area contributed by atoms with Crippen LogP contribution >= 0.6 is 33.9 Å². The first-order chi connectivity index (χ1) is 12.7. The van der Waals surface area contributed by atoms with Gasteiger partial charge in [-0.2, -0.15) is 0 Å². The summed E-state index contributed by atoms with van der Waals surface area (Å²) in [5.74, 6) is -0.0507. The summed E-state index contributed by atoms with van der Waals surface area (Å²) in [6.45, 7) is 0.504. The Morgan fingerprint density at radius 3 is 2.46 bits per heavy atom. The van der Waals surface area contributed by atoms with E-state index in [1.54, 1.807) is 11.3 Å². The lowest BCUT2D eigenvalue weighted by Gasteiger charge is -2.07. The molecule has 3 aromatic carbocycles. The van der Waals surface area contributed by atoms with E-state index in [2.05, 4.69) is 51.1 Å². The largest absolute Gasteiger partial charge is 0.348 e. The van der Waals surface area contributed by atoms with Crippen LogP contribution in [0.15, 0.2) is 72.8 Å². The van der Waals surface area contributed by atoms with Gasteiger partial charge < -0.3 is 5.32 Å². The van der Waals surface area contributed by atoms with Gasteiger partial charge in [0.05, 0.1) is 15.8 Å². The number of aromatic nitrogens is 1. The van der Waals surface area contributed by atoms with Gasteiger partial charge in [0.2, 0.25) is 0 Å². The van der Waals surface area contributed by atoms with Gasteiger partial charge in [-0.3, -0.25) is 4.79 Å². The van der Waals surface area contributed by atoms with E-state index in [4.69, 9.17) is 0 Å². The molecule has 0 unspecified atom stereocenters. The molecule has 0 aliphatic carbocycles. The molecule has 3 nitrogen and oxygen atoms in total. The molecule has 0 atom stereocenters. The number of para-hydroxylation sites is 1. The number of rotatable bonds is 4. The zero-order valence-electron chi connectivity index (χ0n) is 13.8. The number of hydrogen-bond acceptors (Lipinski definition) is 3. The molecule has 5 heteroatoms. The van der Waals surface area contributed by atoms with Crippen molar-refractivity contribution in [2.45, 2.75) is 6.54 Å². The van der Waals surface area contributed by atoms with Gasteiger partial charge in [-0.15, -0.1) is 11.3 Å². The highest BCUT2D eigenvalue weighted by atomic mass is 127. The van der Waals surface area contributed by atoms with Crippen molar-refractivity contribution in [1.29, 1.82) is 0 Å². The normalized spacial score (nSPS) is 10.8. The number of carbonyl (C=O) groups excluding carboxylic acids is 1. The molecule has 0 fully saturated rings. The molecule has 1 N–H and O–H groups in total. The predicted octanol–water partition coefficient (Wildman–Crippen LogP) is 5.50. The van der Waals surface area contributed by atoms with Crippen molar-refractivity contribution in [2.75, 3.05) is 0 Å². The number of amides is 1. The molecule has 1 aromatic heterocycles. The van der Waals surface area contributed by atoms with Gasteiger partial charge in [0.25, 0.3) is 5.91 Å². The highest BCUT2D eigenvalue weighted by Gasteiger charge is 2.09. The lowest BCUT2D eigenvalue weighted by molar-refractivity contribution is 0.0950. The van der Waals surface area contributed by atoms with Gasteiger partial charge in [0.1, 0.15) is 5.01 Å². The number of carbonyl (C=O) groups is 1. The molecule has 0 spiro atoms. The van der Waals surface area contributed by atoms with Crippen LogP contribution in [0.5, 0.6) is 0 Å². The van der Waals surface area contributed by atoms with Gasteiger partial charge in [-0.1, -0.05) is 48.5 Å². The molecule has 0 radical (unpaired) electrons. The summed E-state index contributed by atoms with van der Waals surface area (Å²) < 4.78 is 2.14. The van der Waals surface area contributed by atoms with E-state index in [9.17, 15) is 4.79 Å². The van der Waals surface area contributed by atoms with E-state index in [1.165, 1.54) is 4.70 Å². The molecule has 1 heterocycles. The highest BCUT2D eigenvalue weighted by molar-refractivity contribution is 14.1. The van der Waals surface area contributed by atoms with Crippen molar-refractivity contribution >= 4 is 50.1 Å². The SMILES string of the molecule is O=C(NCc1ccc(-c2nc3ccccc3s2)cc1)c1ccccc1I. The van der Waals surface area contributed by atoms with Gasteiger partial charge in [0.15, 0.2) is 0 Å². The average molecular weight is 470 g/mol. The van der Waals surface area contributed by atoms with Crippen LogP contribution in [0.3, 0.4) is 0 Å². The number of thiazole rings is 1. The number of hydrogen-bond donors (Lipinski definition) is 1. The molecule has 0 saturated heterocycles. The fourth-order valence-electron chi connectivity index (χ4n) is 2.68. The van der Waals surface area contributed by atoms with Crippen LogP contribution in [-0.4, -0.2) is 10.9 Å². The summed E-state index contributed by atoms with van der Waals surface area (Å²) in [5.41, 5.74) is 3.90.